The largest absolute Gasteiger partial charge is 0.497 e. The third-order valence-electron chi connectivity index (χ3n) is 6.00. The summed E-state index contributed by atoms with van der Waals surface area (Å²) < 4.78 is 11.1. The maximum absolute atomic E-state index is 14.0. The average molecular weight is 511 g/mol. The summed E-state index contributed by atoms with van der Waals surface area (Å²) in [5.41, 5.74) is 1.93. The minimum atomic E-state index is -0.653. The molecule has 0 aromatic heterocycles. The van der Waals surface area contributed by atoms with Gasteiger partial charge in [0.05, 0.1) is 25.8 Å². The summed E-state index contributed by atoms with van der Waals surface area (Å²) in [7, 11) is 3.20. The molecule has 1 aliphatic rings. The second-order valence-corrected chi connectivity index (χ2v) is 10.3. The molecule has 0 bridgehead atoms. The van der Waals surface area contributed by atoms with Gasteiger partial charge in [-0.05, 0) is 47.5 Å². The van der Waals surface area contributed by atoms with Crippen LogP contribution in [0.25, 0.3) is 0 Å². The first kappa shape index (κ1) is 25.1. The number of carbonyl (C=O) groups is 1. The van der Waals surface area contributed by atoms with Crippen LogP contribution in [0.4, 0.5) is 0 Å². The molecule has 0 aliphatic carbocycles. The van der Waals surface area contributed by atoms with Crippen molar-refractivity contribution in [3.8, 4) is 11.5 Å². The standard InChI is InChI=1S/C28H28Cl2N2O3/c1-28(2,3)27(33)32-25(18-8-12-20(30)13-9-18)24(17-6-10-19(29)11-7-17)31-26(32)22-15-14-21(34-4)16-23(22)35-5/h6-16,24-25H,1-5H3/t24-,25+/m1/s1. The van der Waals surface area contributed by atoms with E-state index in [9.17, 15) is 4.79 Å². The Labute approximate surface area is 216 Å². The van der Waals surface area contributed by atoms with Gasteiger partial charge in [0.15, 0.2) is 0 Å². The van der Waals surface area contributed by atoms with Crippen molar-refractivity contribution in [2.24, 2.45) is 10.4 Å². The molecule has 7 heteroatoms. The fourth-order valence-electron chi connectivity index (χ4n) is 4.21. The van der Waals surface area contributed by atoms with Gasteiger partial charge in [0.25, 0.3) is 0 Å². The lowest BCUT2D eigenvalue weighted by Crippen LogP contribution is -2.44. The zero-order valence-electron chi connectivity index (χ0n) is 20.4. The molecule has 0 saturated heterocycles. The Morgan fingerprint density at radius 1 is 0.857 bits per heavy atom. The van der Waals surface area contributed by atoms with Gasteiger partial charge in [-0.2, -0.15) is 0 Å². The van der Waals surface area contributed by atoms with Gasteiger partial charge in [-0.1, -0.05) is 68.2 Å². The molecule has 2 atom stereocenters. The Bertz CT molecular complexity index is 1250. The first-order valence-electron chi connectivity index (χ1n) is 11.3. The number of hydrogen-bond acceptors (Lipinski definition) is 4. The van der Waals surface area contributed by atoms with Crippen molar-refractivity contribution in [3.05, 3.63) is 93.5 Å². The lowest BCUT2D eigenvalue weighted by Gasteiger charge is -2.34. The minimum absolute atomic E-state index is 0.0504. The molecule has 35 heavy (non-hydrogen) atoms. The van der Waals surface area contributed by atoms with Gasteiger partial charge >= 0.3 is 0 Å². The van der Waals surface area contributed by atoms with Crippen molar-refractivity contribution in [1.29, 1.82) is 0 Å². The molecule has 0 unspecified atom stereocenters. The number of rotatable bonds is 5. The predicted molar refractivity (Wildman–Crippen MR) is 141 cm³/mol. The molecule has 3 aromatic carbocycles. The van der Waals surface area contributed by atoms with E-state index >= 15 is 0 Å². The number of nitrogens with zero attached hydrogens (tertiary/aromatic N) is 2. The van der Waals surface area contributed by atoms with Crippen molar-refractivity contribution < 1.29 is 14.3 Å². The lowest BCUT2D eigenvalue weighted by atomic mass is 9.89. The Kier molecular flexibility index (Phi) is 7.11. The summed E-state index contributed by atoms with van der Waals surface area (Å²) in [4.78, 5) is 20.9. The molecule has 0 radical (unpaired) electrons. The summed E-state index contributed by atoms with van der Waals surface area (Å²) in [6, 6.07) is 19.9. The van der Waals surface area contributed by atoms with Crippen molar-refractivity contribution in [2.45, 2.75) is 32.9 Å². The van der Waals surface area contributed by atoms with Crippen LogP contribution < -0.4 is 9.47 Å². The van der Waals surface area contributed by atoms with Crippen LogP contribution in [0.3, 0.4) is 0 Å². The molecular formula is C28H28Cl2N2O3. The number of amides is 1. The number of halogens is 2. The summed E-state index contributed by atoms with van der Waals surface area (Å²) >= 11 is 12.4. The maximum atomic E-state index is 14.0. The van der Waals surface area contributed by atoms with Crippen LogP contribution in [-0.4, -0.2) is 30.9 Å². The second-order valence-electron chi connectivity index (χ2n) is 9.44. The third kappa shape index (κ3) is 5.02. The van der Waals surface area contributed by atoms with Gasteiger partial charge in [0.2, 0.25) is 5.91 Å². The molecule has 1 aliphatic heterocycles. The summed E-state index contributed by atoms with van der Waals surface area (Å²) in [5.74, 6) is 1.72. The van der Waals surface area contributed by atoms with Crippen molar-refractivity contribution in [1.82, 2.24) is 4.90 Å². The van der Waals surface area contributed by atoms with Gasteiger partial charge < -0.3 is 9.47 Å². The Morgan fingerprint density at radius 3 is 1.94 bits per heavy atom. The first-order valence-corrected chi connectivity index (χ1v) is 12.0. The van der Waals surface area contributed by atoms with E-state index in [0.717, 1.165) is 11.1 Å². The smallest absolute Gasteiger partial charge is 0.234 e. The molecule has 3 aromatic rings. The number of methoxy groups -OCH3 is 2. The molecule has 1 heterocycles. The van der Waals surface area contributed by atoms with Gasteiger partial charge in [-0.25, -0.2) is 0 Å². The predicted octanol–water partition coefficient (Wildman–Crippen LogP) is 7.13. The zero-order valence-corrected chi connectivity index (χ0v) is 21.9. The fourth-order valence-corrected chi connectivity index (χ4v) is 4.46. The van der Waals surface area contributed by atoms with Gasteiger partial charge in [0.1, 0.15) is 23.4 Å². The Balaban J connectivity index is 1.96. The van der Waals surface area contributed by atoms with Crippen LogP contribution in [0.2, 0.25) is 10.0 Å². The lowest BCUT2D eigenvalue weighted by molar-refractivity contribution is -0.137. The van der Waals surface area contributed by atoms with Crippen LogP contribution in [-0.2, 0) is 4.79 Å². The highest BCUT2D eigenvalue weighted by Gasteiger charge is 2.45. The number of benzene rings is 3. The first-order chi connectivity index (χ1) is 16.6. The van der Waals surface area contributed by atoms with Crippen LogP contribution in [0, 0.1) is 5.41 Å². The molecule has 0 spiro atoms. The van der Waals surface area contributed by atoms with Crippen molar-refractivity contribution in [3.63, 3.8) is 0 Å². The third-order valence-corrected chi connectivity index (χ3v) is 6.50. The van der Waals surface area contributed by atoms with Gasteiger partial charge in [-0.3, -0.25) is 14.7 Å². The molecule has 0 fully saturated rings. The van der Waals surface area contributed by atoms with Crippen LogP contribution in [0.15, 0.2) is 71.7 Å². The highest BCUT2D eigenvalue weighted by atomic mass is 35.5. The van der Waals surface area contributed by atoms with Crippen LogP contribution in [0.1, 0.15) is 49.5 Å². The van der Waals surface area contributed by atoms with E-state index in [2.05, 4.69) is 0 Å². The van der Waals surface area contributed by atoms with E-state index in [1.807, 2.05) is 81.4 Å². The summed E-state index contributed by atoms with van der Waals surface area (Å²) in [6.45, 7) is 5.73. The molecule has 4 rings (SSSR count). The fraction of sp³-hybridized carbons (Fsp3) is 0.286. The normalized spacial score (nSPS) is 17.8. The quantitative estimate of drug-likeness (QED) is 0.366. The van der Waals surface area contributed by atoms with E-state index in [-0.39, 0.29) is 18.0 Å². The number of carbonyl (C=O) groups excluding carboxylic acids is 1. The minimum Gasteiger partial charge on any atom is -0.497 e. The molecular weight excluding hydrogens is 483 g/mol. The highest BCUT2D eigenvalue weighted by Crippen LogP contribution is 2.46. The monoisotopic (exact) mass is 510 g/mol. The molecule has 0 saturated carbocycles. The second kappa shape index (κ2) is 9.92. The van der Waals surface area contributed by atoms with E-state index in [0.29, 0.717) is 32.9 Å². The van der Waals surface area contributed by atoms with E-state index in [1.165, 1.54) is 0 Å². The molecule has 182 valence electrons. The maximum Gasteiger partial charge on any atom is 0.234 e. The summed E-state index contributed by atoms with van der Waals surface area (Å²) in [6.07, 6.45) is 0. The van der Waals surface area contributed by atoms with E-state index in [1.54, 1.807) is 25.2 Å². The van der Waals surface area contributed by atoms with E-state index in [4.69, 9.17) is 37.7 Å². The molecule has 5 nitrogen and oxygen atoms in total. The Hall–Kier alpha value is -3.02. The SMILES string of the molecule is COc1ccc(C2=N[C@H](c3ccc(Cl)cc3)[C@H](c3ccc(Cl)cc3)N2C(=O)C(C)(C)C)c(OC)c1. The van der Waals surface area contributed by atoms with Crippen molar-refractivity contribution in [2.75, 3.05) is 14.2 Å². The van der Waals surface area contributed by atoms with Crippen LogP contribution >= 0.6 is 23.2 Å². The number of hydrogen-bond donors (Lipinski definition) is 0. The Morgan fingerprint density at radius 2 is 1.43 bits per heavy atom. The van der Waals surface area contributed by atoms with Gasteiger partial charge in [-0.15, -0.1) is 0 Å². The zero-order chi connectivity index (χ0) is 25.3. The molecule has 0 N–H and O–H groups in total. The highest BCUT2D eigenvalue weighted by molar-refractivity contribution is 6.30. The topological polar surface area (TPSA) is 51.1 Å². The van der Waals surface area contributed by atoms with Crippen LogP contribution in [0.5, 0.6) is 11.5 Å². The number of ether oxygens (including phenoxy) is 2. The molecule has 1 amide bonds. The number of amidine groups is 1. The number of aliphatic imine (C=N–C) groups is 1. The van der Waals surface area contributed by atoms with E-state index < -0.39 is 5.41 Å². The van der Waals surface area contributed by atoms with Crippen molar-refractivity contribution >= 4 is 34.9 Å². The van der Waals surface area contributed by atoms with Gasteiger partial charge in [0, 0.05) is 21.5 Å². The summed E-state index contributed by atoms with van der Waals surface area (Å²) in [5, 5.41) is 1.26. The average Bonchev–Trinajstić information content (AvgIpc) is 3.23.